The number of hydrogen-bond acceptors (Lipinski definition) is 5. The third kappa shape index (κ3) is 5.29. The van der Waals surface area contributed by atoms with Crippen LogP contribution in [-0.4, -0.2) is 32.9 Å². The highest BCUT2D eigenvalue weighted by molar-refractivity contribution is 5.95. The van der Waals surface area contributed by atoms with E-state index in [4.69, 9.17) is 20.6 Å². The Labute approximate surface area is 146 Å². The van der Waals surface area contributed by atoms with Gasteiger partial charge in [0.25, 0.3) is 5.91 Å². The van der Waals surface area contributed by atoms with Crippen molar-refractivity contribution in [3.63, 3.8) is 0 Å². The Morgan fingerprint density at radius 3 is 2.52 bits per heavy atom. The summed E-state index contributed by atoms with van der Waals surface area (Å²) in [6, 6.07) is 12.1. The lowest BCUT2D eigenvalue weighted by atomic mass is 10.2. The molecule has 1 N–H and O–H groups in total. The summed E-state index contributed by atoms with van der Waals surface area (Å²) in [5.41, 5.74) is 3.60. The van der Waals surface area contributed by atoms with Crippen LogP contribution in [0.15, 0.2) is 47.6 Å². The second kappa shape index (κ2) is 8.99. The van der Waals surface area contributed by atoms with Crippen LogP contribution in [0.2, 0.25) is 0 Å². The first-order chi connectivity index (χ1) is 12.2. The molecule has 0 fully saturated rings. The molecule has 6 heteroatoms. The molecular formula is C19H18N2O4. The first-order valence-corrected chi connectivity index (χ1v) is 7.39. The Balaban J connectivity index is 2.04. The van der Waals surface area contributed by atoms with Crippen LogP contribution in [0.1, 0.15) is 15.9 Å². The standard InChI is InChI=1S/C19H18N2O4/c1-4-8-25-16-7-5-6-14(9-16)13-20-21-19(22)15-10-17(23-2)12-18(11-15)24-3/h1,5-7,9-13H,8H2,2-3H3,(H,21,22)/b20-13-. The molecular weight excluding hydrogens is 320 g/mol. The van der Waals surface area contributed by atoms with Gasteiger partial charge in [-0.25, -0.2) is 5.43 Å². The molecule has 25 heavy (non-hydrogen) atoms. The molecule has 6 nitrogen and oxygen atoms in total. The van der Waals surface area contributed by atoms with E-state index in [1.807, 2.05) is 12.1 Å². The van der Waals surface area contributed by atoms with E-state index in [0.29, 0.717) is 22.8 Å². The number of carbonyl (C=O) groups is 1. The summed E-state index contributed by atoms with van der Waals surface area (Å²) in [5.74, 6) is 3.69. The van der Waals surface area contributed by atoms with Crippen LogP contribution in [0.3, 0.4) is 0 Å². The van der Waals surface area contributed by atoms with E-state index < -0.39 is 0 Å². The van der Waals surface area contributed by atoms with Crippen molar-refractivity contribution in [2.24, 2.45) is 5.10 Å². The second-order valence-corrected chi connectivity index (χ2v) is 4.87. The molecule has 0 radical (unpaired) electrons. The summed E-state index contributed by atoms with van der Waals surface area (Å²) in [5, 5.41) is 3.95. The monoisotopic (exact) mass is 338 g/mol. The molecule has 0 aliphatic rings. The van der Waals surface area contributed by atoms with E-state index in [9.17, 15) is 4.79 Å². The highest BCUT2D eigenvalue weighted by atomic mass is 16.5. The number of ether oxygens (including phenoxy) is 3. The van der Waals surface area contributed by atoms with E-state index in [0.717, 1.165) is 5.56 Å². The fourth-order valence-corrected chi connectivity index (χ4v) is 1.98. The van der Waals surface area contributed by atoms with Crippen molar-refractivity contribution in [1.82, 2.24) is 5.43 Å². The zero-order valence-electron chi connectivity index (χ0n) is 14.0. The SMILES string of the molecule is C#CCOc1cccc(/C=N\NC(=O)c2cc(OC)cc(OC)c2)c1. The lowest BCUT2D eigenvalue weighted by Crippen LogP contribution is -2.17. The highest BCUT2D eigenvalue weighted by Crippen LogP contribution is 2.22. The van der Waals surface area contributed by atoms with E-state index in [-0.39, 0.29) is 12.5 Å². The van der Waals surface area contributed by atoms with Gasteiger partial charge in [-0.15, -0.1) is 6.42 Å². The molecule has 0 saturated heterocycles. The van der Waals surface area contributed by atoms with Gasteiger partial charge in [0.05, 0.1) is 20.4 Å². The van der Waals surface area contributed by atoms with Crippen molar-refractivity contribution < 1.29 is 19.0 Å². The number of nitrogens with one attached hydrogen (secondary N) is 1. The summed E-state index contributed by atoms with van der Waals surface area (Å²) in [6.07, 6.45) is 6.67. The lowest BCUT2D eigenvalue weighted by Gasteiger charge is -2.07. The molecule has 2 aromatic rings. The maximum absolute atomic E-state index is 12.2. The maximum Gasteiger partial charge on any atom is 0.271 e. The first-order valence-electron chi connectivity index (χ1n) is 7.39. The third-order valence-electron chi connectivity index (χ3n) is 3.17. The summed E-state index contributed by atoms with van der Waals surface area (Å²) in [4.78, 5) is 12.2. The zero-order chi connectivity index (χ0) is 18.1. The predicted octanol–water partition coefficient (Wildman–Crippen LogP) is 2.48. The topological polar surface area (TPSA) is 69.2 Å². The Kier molecular flexibility index (Phi) is 6.43. The largest absolute Gasteiger partial charge is 0.497 e. The molecule has 0 spiro atoms. The van der Waals surface area contributed by atoms with Gasteiger partial charge in [-0.05, 0) is 29.8 Å². The van der Waals surface area contributed by atoms with Crippen molar-refractivity contribution in [2.45, 2.75) is 0 Å². The number of terminal acetylenes is 1. The predicted molar refractivity (Wildman–Crippen MR) is 95.4 cm³/mol. The van der Waals surface area contributed by atoms with Crippen LogP contribution >= 0.6 is 0 Å². The van der Waals surface area contributed by atoms with Crippen molar-refractivity contribution in [2.75, 3.05) is 20.8 Å². The number of nitrogens with zero attached hydrogens (tertiary/aromatic N) is 1. The summed E-state index contributed by atoms with van der Waals surface area (Å²) in [7, 11) is 3.04. The number of rotatable bonds is 7. The lowest BCUT2D eigenvalue weighted by molar-refractivity contribution is 0.0954. The molecule has 0 unspecified atom stereocenters. The van der Waals surface area contributed by atoms with E-state index in [1.54, 1.807) is 30.3 Å². The molecule has 128 valence electrons. The zero-order valence-corrected chi connectivity index (χ0v) is 14.0. The number of methoxy groups -OCH3 is 2. The van der Waals surface area contributed by atoms with Crippen molar-refractivity contribution in [1.29, 1.82) is 0 Å². The van der Waals surface area contributed by atoms with Gasteiger partial charge in [0.1, 0.15) is 23.9 Å². The normalized spacial score (nSPS) is 10.1. The quantitative estimate of drug-likeness (QED) is 0.478. The molecule has 0 saturated carbocycles. The van der Waals surface area contributed by atoms with Crippen LogP contribution in [0.4, 0.5) is 0 Å². The van der Waals surface area contributed by atoms with Gasteiger partial charge in [-0.3, -0.25) is 4.79 Å². The summed E-state index contributed by atoms with van der Waals surface area (Å²) >= 11 is 0. The van der Waals surface area contributed by atoms with Crippen LogP contribution in [0, 0.1) is 12.3 Å². The average molecular weight is 338 g/mol. The van der Waals surface area contributed by atoms with Crippen LogP contribution in [0.25, 0.3) is 0 Å². The van der Waals surface area contributed by atoms with Crippen LogP contribution < -0.4 is 19.6 Å². The van der Waals surface area contributed by atoms with Gasteiger partial charge >= 0.3 is 0 Å². The average Bonchev–Trinajstić information content (AvgIpc) is 2.66. The van der Waals surface area contributed by atoms with Crippen molar-refractivity contribution in [3.8, 4) is 29.6 Å². The van der Waals surface area contributed by atoms with Gasteiger partial charge < -0.3 is 14.2 Å². The first kappa shape index (κ1) is 17.9. The second-order valence-electron chi connectivity index (χ2n) is 4.87. The minimum Gasteiger partial charge on any atom is -0.497 e. The van der Waals surface area contributed by atoms with Gasteiger partial charge in [-0.2, -0.15) is 5.10 Å². The molecule has 0 aromatic heterocycles. The van der Waals surface area contributed by atoms with Crippen LogP contribution in [-0.2, 0) is 0 Å². The van der Waals surface area contributed by atoms with E-state index >= 15 is 0 Å². The van der Waals surface area contributed by atoms with Crippen molar-refractivity contribution in [3.05, 3.63) is 53.6 Å². The number of hydrazone groups is 1. The van der Waals surface area contributed by atoms with Crippen molar-refractivity contribution >= 4 is 12.1 Å². The molecule has 1 amide bonds. The van der Waals surface area contributed by atoms with Gasteiger partial charge in [0.2, 0.25) is 0 Å². The molecule has 0 aliphatic heterocycles. The summed E-state index contributed by atoms with van der Waals surface area (Å²) < 4.78 is 15.6. The molecule has 0 bridgehead atoms. The fraction of sp³-hybridized carbons (Fsp3) is 0.158. The summed E-state index contributed by atoms with van der Waals surface area (Å²) in [6.45, 7) is 0.189. The Morgan fingerprint density at radius 1 is 1.16 bits per heavy atom. The number of carbonyl (C=O) groups excluding carboxylic acids is 1. The number of amides is 1. The highest BCUT2D eigenvalue weighted by Gasteiger charge is 2.09. The Morgan fingerprint density at radius 2 is 1.88 bits per heavy atom. The Hall–Kier alpha value is -3.46. The number of hydrogen-bond donors (Lipinski definition) is 1. The minimum absolute atomic E-state index is 0.189. The maximum atomic E-state index is 12.2. The third-order valence-corrected chi connectivity index (χ3v) is 3.17. The molecule has 2 aromatic carbocycles. The van der Waals surface area contributed by atoms with Gasteiger partial charge in [0.15, 0.2) is 0 Å². The molecule has 0 atom stereocenters. The van der Waals surface area contributed by atoms with Gasteiger partial charge in [-0.1, -0.05) is 18.1 Å². The molecule has 0 heterocycles. The van der Waals surface area contributed by atoms with E-state index in [1.165, 1.54) is 20.4 Å². The smallest absolute Gasteiger partial charge is 0.271 e. The molecule has 0 aliphatic carbocycles. The van der Waals surface area contributed by atoms with Gasteiger partial charge in [0, 0.05) is 11.6 Å². The van der Waals surface area contributed by atoms with Crippen LogP contribution in [0.5, 0.6) is 17.2 Å². The number of benzene rings is 2. The fourth-order valence-electron chi connectivity index (χ4n) is 1.98. The molecule has 2 rings (SSSR count). The Bertz CT molecular complexity index is 787. The van der Waals surface area contributed by atoms with E-state index in [2.05, 4.69) is 16.4 Å². The minimum atomic E-state index is -0.381.